The van der Waals surface area contributed by atoms with Crippen molar-refractivity contribution in [2.75, 3.05) is 59.5 Å². The van der Waals surface area contributed by atoms with Crippen molar-refractivity contribution in [3.05, 3.63) is 71.8 Å². The number of carbonyl (C=O) groups is 3. The third-order valence-corrected chi connectivity index (χ3v) is 11.5. The molecule has 0 heterocycles. The first-order chi connectivity index (χ1) is 30.0. The summed E-state index contributed by atoms with van der Waals surface area (Å²) in [5.74, 6) is -3.83. The second-order valence-corrected chi connectivity index (χ2v) is 17.5. The van der Waals surface area contributed by atoms with Gasteiger partial charge >= 0.3 is 17.9 Å². The second-order valence-electron chi connectivity index (χ2n) is 17.5. The number of nitrogens with zero attached hydrogens (tertiary/aromatic N) is 1. The molecule has 1 N–H and O–H groups in total. The molecular weight excluding hydrogens is 787 g/mol. The average Bonchev–Trinajstić information content (AvgIpc) is 3.27. The summed E-state index contributed by atoms with van der Waals surface area (Å²) in [7, 11) is 0. The molecule has 11 heteroatoms. The Balaban J connectivity index is 1.75. The predicted octanol–water partition coefficient (Wildman–Crippen LogP) is 10.9. The van der Waals surface area contributed by atoms with Crippen molar-refractivity contribution in [3.63, 3.8) is 0 Å². The Morgan fingerprint density at radius 1 is 0.613 bits per heavy atom. The van der Waals surface area contributed by atoms with Gasteiger partial charge in [0.05, 0.1) is 69.1 Å². The number of carbonyl (C=O) groups excluding carboxylic acids is 2. The molecule has 0 aromatic heterocycles. The fourth-order valence-electron chi connectivity index (χ4n) is 7.81. The van der Waals surface area contributed by atoms with Crippen LogP contribution < -0.4 is 0 Å². The van der Waals surface area contributed by atoms with E-state index in [1.54, 1.807) is 20.8 Å². The summed E-state index contributed by atoms with van der Waals surface area (Å²) >= 11 is 0. The molecule has 0 aliphatic carbocycles. The summed E-state index contributed by atoms with van der Waals surface area (Å²) in [6.07, 6.45) is 14.3. The number of hydrogen-bond donors (Lipinski definition) is 1. The van der Waals surface area contributed by atoms with Gasteiger partial charge in [-0.05, 0) is 76.3 Å². The molecule has 0 aliphatic rings. The molecule has 0 amide bonds. The molecule has 11 nitrogen and oxygen atoms in total. The summed E-state index contributed by atoms with van der Waals surface area (Å²) in [5.41, 5.74) is -0.608. The van der Waals surface area contributed by atoms with Crippen LogP contribution in [0.1, 0.15) is 148 Å². The summed E-state index contributed by atoms with van der Waals surface area (Å²) in [4.78, 5) is 40.0. The Bertz CT molecular complexity index is 1510. The van der Waals surface area contributed by atoms with E-state index in [1.165, 1.54) is 57.8 Å². The first-order valence-corrected chi connectivity index (χ1v) is 23.3. The number of hydrogen-bond acceptors (Lipinski definition) is 10. The lowest BCUT2D eigenvalue weighted by atomic mass is 9.69. The Hall–Kier alpha value is -3.82. The van der Waals surface area contributed by atoms with Crippen molar-refractivity contribution in [1.29, 1.82) is 5.26 Å². The van der Waals surface area contributed by atoms with Crippen LogP contribution in [0.3, 0.4) is 0 Å². The van der Waals surface area contributed by atoms with E-state index in [1.807, 2.05) is 60.7 Å². The fourth-order valence-corrected chi connectivity index (χ4v) is 7.81. The Morgan fingerprint density at radius 3 is 1.63 bits per heavy atom. The zero-order valence-electron chi connectivity index (χ0n) is 38.8. The van der Waals surface area contributed by atoms with Gasteiger partial charge in [-0.25, -0.2) is 0 Å². The maximum Gasteiger partial charge on any atom is 0.312 e. The van der Waals surface area contributed by atoms with E-state index < -0.39 is 40.6 Å². The van der Waals surface area contributed by atoms with Crippen LogP contribution in [-0.2, 0) is 49.4 Å². The molecule has 0 saturated heterocycles. The first kappa shape index (κ1) is 54.3. The summed E-state index contributed by atoms with van der Waals surface area (Å²) in [6.45, 7) is 12.9. The van der Waals surface area contributed by atoms with Gasteiger partial charge in [0.2, 0.25) is 0 Å². The van der Waals surface area contributed by atoms with Gasteiger partial charge in [0, 0.05) is 12.5 Å². The molecule has 0 aliphatic heterocycles. The number of aliphatic carboxylic acids is 1. The molecule has 0 bridgehead atoms. The smallest absolute Gasteiger partial charge is 0.312 e. The molecule has 348 valence electrons. The number of unbranched alkanes of at least 4 members (excludes halogenated alkanes) is 9. The second kappa shape index (κ2) is 32.8. The van der Waals surface area contributed by atoms with Crippen molar-refractivity contribution < 1.29 is 47.9 Å². The van der Waals surface area contributed by atoms with Crippen molar-refractivity contribution >= 4 is 17.9 Å². The third-order valence-electron chi connectivity index (χ3n) is 11.5. The van der Waals surface area contributed by atoms with E-state index in [0.29, 0.717) is 46.1 Å². The molecule has 2 aromatic rings. The highest BCUT2D eigenvalue weighted by Gasteiger charge is 2.44. The van der Waals surface area contributed by atoms with E-state index >= 15 is 0 Å². The van der Waals surface area contributed by atoms with Crippen LogP contribution in [0.5, 0.6) is 0 Å². The van der Waals surface area contributed by atoms with Gasteiger partial charge in [-0.1, -0.05) is 132 Å². The van der Waals surface area contributed by atoms with Crippen molar-refractivity contribution in [2.24, 2.45) is 22.7 Å². The number of rotatable bonds is 38. The standard InChI is InChI=1S/C51H79NO10/c1-6-8-9-10-11-12-13-14-15-22-27-57-28-29-58-30-31-59-32-33-60-34-35-61-48(55)50(3,4)38-46(47(53)54)39-51(5,49(56)62-41-42-23-18-16-19-24-42)37-43(40-52)36-44(7-2)45-25-20-17-21-26-45/h16-21,23-26,43-44,46H,6-15,22,27-39,41H2,1-5H3,(H,53,54). The molecule has 4 unspecified atom stereocenters. The number of benzene rings is 2. The minimum absolute atomic E-state index is 0.00434. The van der Waals surface area contributed by atoms with E-state index in [9.17, 15) is 24.8 Å². The van der Waals surface area contributed by atoms with E-state index in [2.05, 4.69) is 19.9 Å². The zero-order chi connectivity index (χ0) is 45.3. The number of nitriles is 1. The minimum atomic E-state index is -1.32. The molecule has 0 spiro atoms. The lowest BCUT2D eigenvalue weighted by molar-refractivity contribution is -0.162. The van der Waals surface area contributed by atoms with Crippen molar-refractivity contribution in [1.82, 2.24) is 0 Å². The Labute approximate surface area is 373 Å². The number of carboxylic acid groups (broad SMARTS) is 1. The lowest BCUT2D eigenvalue weighted by Crippen LogP contribution is -2.39. The molecule has 2 rings (SSSR count). The summed E-state index contributed by atoms with van der Waals surface area (Å²) in [5, 5.41) is 20.8. The molecule has 0 radical (unpaired) electrons. The van der Waals surface area contributed by atoms with E-state index in [4.69, 9.17) is 28.4 Å². The van der Waals surface area contributed by atoms with Gasteiger partial charge in [0.15, 0.2) is 0 Å². The Morgan fingerprint density at radius 2 is 1.11 bits per heavy atom. The van der Waals surface area contributed by atoms with Crippen molar-refractivity contribution in [3.8, 4) is 6.07 Å². The first-order valence-electron chi connectivity index (χ1n) is 23.3. The topological polar surface area (TPSA) is 151 Å². The quantitative estimate of drug-likeness (QED) is 0.0507. The minimum Gasteiger partial charge on any atom is -0.481 e. The molecule has 0 saturated carbocycles. The van der Waals surface area contributed by atoms with Crippen LogP contribution in [-0.4, -0.2) is 82.5 Å². The normalized spacial score (nSPS) is 14.0. The number of esters is 2. The van der Waals surface area contributed by atoms with Crippen LogP contribution in [0.15, 0.2) is 60.7 Å². The third kappa shape index (κ3) is 23.6. The zero-order valence-corrected chi connectivity index (χ0v) is 38.8. The lowest BCUT2D eigenvalue weighted by Gasteiger charge is -2.34. The average molecular weight is 866 g/mol. The van der Waals surface area contributed by atoms with Crippen LogP contribution in [0.2, 0.25) is 0 Å². The number of carboxylic acids is 1. The van der Waals surface area contributed by atoms with E-state index in [-0.39, 0.29) is 45.0 Å². The van der Waals surface area contributed by atoms with E-state index in [0.717, 1.165) is 30.6 Å². The van der Waals surface area contributed by atoms with Crippen LogP contribution >= 0.6 is 0 Å². The molecule has 4 atom stereocenters. The SMILES string of the molecule is CCCCCCCCCCCCOCCOCCOCCOCCOC(=O)C(C)(C)CC(CC(C)(CC(C#N)CC(CC)c1ccccc1)C(=O)OCc1ccccc1)C(=O)O. The molecule has 0 fully saturated rings. The molecule has 62 heavy (non-hydrogen) atoms. The highest BCUT2D eigenvalue weighted by Crippen LogP contribution is 2.42. The fraction of sp³-hybridized carbons (Fsp3) is 0.686. The predicted molar refractivity (Wildman–Crippen MR) is 242 cm³/mol. The monoisotopic (exact) mass is 866 g/mol. The Kier molecular flexibility index (Phi) is 28.7. The van der Waals surface area contributed by atoms with Crippen LogP contribution in [0, 0.1) is 34.0 Å². The summed E-state index contributed by atoms with van der Waals surface area (Å²) in [6, 6.07) is 21.6. The number of ether oxygens (including phenoxy) is 6. The maximum absolute atomic E-state index is 13.9. The summed E-state index contributed by atoms with van der Waals surface area (Å²) < 4.78 is 33.7. The molecule has 2 aromatic carbocycles. The highest BCUT2D eigenvalue weighted by molar-refractivity contribution is 5.80. The van der Waals surface area contributed by atoms with Crippen molar-refractivity contribution in [2.45, 2.75) is 143 Å². The maximum atomic E-state index is 13.9. The molecular formula is C51H79NO10. The van der Waals surface area contributed by atoms with Gasteiger partial charge in [0.1, 0.15) is 13.2 Å². The van der Waals surface area contributed by atoms with Crippen LogP contribution in [0.25, 0.3) is 0 Å². The van der Waals surface area contributed by atoms with Gasteiger partial charge in [-0.15, -0.1) is 0 Å². The van der Waals surface area contributed by atoms with Gasteiger partial charge < -0.3 is 33.5 Å². The van der Waals surface area contributed by atoms with Gasteiger partial charge in [0.25, 0.3) is 0 Å². The highest BCUT2D eigenvalue weighted by atomic mass is 16.6. The van der Waals surface area contributed by atoms with Gasteiger partial charge in [-0.2, -0.15) is 5.26 Å². The largest absolute Gasteiger partial charge is 0.481 e. The van der Waals surface area contributed by atoms with Gasteiger partial charge in [-0.3, -0.25) is 14.4 Å². The van der Waals surface area contributed by atoms with Crippen LogP contribution in [0.4, 0.5) is 0 Å².